The van der Waals surface area contributed by atoms with E-state index in [0.717, 1.165) is 55.4 Å². The van der Waals surface area contributed by atoms with Crippen LogP contribution in [-0.4, -0.2) is 25.3 Å². The van der Waals surface area contributed by atoms with Gasteiger partial charge in [-0.2, -0.15) is 10.2 Å². The fraction of sp³-hybridized carbons (Fsp3) is 0.179. The van der Waals surface area contributed by atoms with E-state index in [-0.39, 0.29) is 11.2 Å². The summed E-state index contributed by atoms with van der Waals surface area (Å²) < 4.78 is 4.82. The Morgan fingerprint density at radius 1 is 0.914 bits per heavy atom. The predicted molar refractivity (Wildman–Crippen MR) is 144 cm³/mol. The van der Waals surface area contributed by atoms with E-state index in [1.165, 1.54) is 0 Å². The maximum atomic E-state index is 13.6. The standard InChI is InChI=1S/C28H23BrN4OS/c1-28(2)15-22-25(23(34)16-28)27(33(30-22)20-12-10-18(29)11-13-20)21-17-32(19-7-4-3-5-8-19)31-26(21)24-9-6-14-35-24/h3-14,17H,15-16H2,1-2H3. The summed E-state index contributed by atoms with van der Waals surface area (Å²) >= 11 is 5.18. The summed E-state index contributed by atoms with van der Waals surface area (Å²) in [5, 5.41) is 12.1. The quantitative estimate of drug-likeness (QED) is 0.238. The minimum Gasteiger partial charge on any atom is -0.294 e. The van der Waals surface area contributed by atoms with Gasteiger partial charge in [0, 0.05) is 22.7 Å². The number of hydrogen-bond donors (Lipinski definition) is 0. The topological polar surface area (TPSA) is 52.7 Å². The molecule has 35 heavy (non-hydrogen) atoms. The number of para-hydroxylation sites is 1. The van der Waals surface area contributed by atoms with Crippen molar-refractivity contribution in [3.63, 3.8) is 0 Å². The molecular formula is C28H23BrN4OS. The van der Waals surface area contributed by atoms with Gasteiger partial charge in [0.25, 0.3) is 0 Å². The Balaban J connectivity index is 1.65. The lowest BCUT2D eigenvalue weighted by molar-refractivity contribution is 0.0912. The summed E-state index contributed by atoms with van der Waals surface area (Å²) in [5.41, 5.74) is 5.90. The Kier molecular flexibility index (Phi) is 5.34. The molecule has 0 saturated carbocycles. The molecular weight excluding hydrogens is 520 g/mol. The van der Waals surface area contributed by atoms with E-state index in [9.17, 15) is 4.79 Å². The number of thiophene rings is 1. The first-order valence-corrected chi connectivity index (χ1v) is 13.2. The number of Topliss-reactive ketones (excluding diaryl/α,β-unsaturated/α-hetero) is 1. The van der Waals surface area contributed by atoms with Crippen molar-refractivity contribution < 1.29 is 4.79 Å². The van der Waals surface area contributed by atoms with Crippen molar-refractivity contribution in [2.75, 3.05) is 0 Å². The van der Waals surface area contributed by atoms with Gasteiger partial charge in [0.1, 0.15) is 5.69 Å². The van der Waals surface area contributed by atoms with Crippen LogP contribution in [0.5, 0.6) is 0 Å². The van der Waals surface area contributed by atoms with Crippen molar-refractivity contribution in [2.24, 2.45) is 5.41 Å². The van der Waals surface area contributed by atoms with Crippen LogP contribution in [0.2, 0.25) is 0 Å². The summed E-state index contributed by atoms with van der Waals surface area (Å²) in [7, 11) is 0. The van der Waals surface area contributed by atoms with Gasteiger partial charge >= 0.3 is 0 Å². The largest absolute Gasteiger partial charge is 0.294 e. The van der Waals surface area contributed by atoms with Crippen molar-refractivity contribution in [3.8, 4) is 33.2 Å². The molecule has 1 aliphatic rings. The van der Waals surface area contributed by atoms with Crippen molar-refractivity contribution in [1.29, 1.82) is 0 Å². The Labute approximate surface area is 216 Å². The predicted octanol–water partition coefficient (Wildman–Crippen LogP) is 7.37. The van der Waals surface area contributed by atoms with Gasteiger partial charge in [0.2, 0.25) is 0 Å². The summed E-state index contributed by atoms with van der Waals surface area (Å²) in [6.07, 6.45) is 3.29. The zero-order chi connectivity index (χ0) is 24.2. The second-order valence-electron chi connectivity index (χ2n) is 9.65. The molecule has 2 aromatic carbocycles. The molecule has 0 radical (unpaired) electrons. The number of carbonyl (C=O) groups is 1. The number of carbonyl (C=O) groups excluding carboxylic acids is 1. The van der Waals surface area contributed by atoms with Crippen LogP contribution in [-0.2, 0) is 6.42 Å². The highest BCUT2D eigenvalue weighted by Gasteiger charge is 2.38. The van der Waals surface area contributed by atoms with Gasteiger partial charge in [-0.25, -0.2) is 9.36 Å². The van der Waals surface area contributed by atoms with Gasteiger partial charge in [0.05, 0.1) is 33.2 Å². The molecule has 1 aliphatic carbocycles. The molecule has 3 heterocycles. The number of aromatic nitrogens is 4. The maximum absolute atomic E-state index is 13.6. The van der Waals surface area contributed by atoms with Gasteiger partial charge in [-0.05, 0) is 59.7 Å². The summed E-state index contributed by atoms with van der Waals surface area (Å²) in [5.74, 6) is 0.138. The Morgan fingerprint density at radius 3 is 2.40 bits per heavy atom. The molecule has 0 atom stereocenters. The van der Waals surface area contributed by atoms with E-state index < -0.39 is 0 Å². The maximum Gasteiger partial charge on any atom is 0.167 e. The van der Waals surface area contributed by atoms with Crippen molar-refractivity contribution in [3.05, 3.63) is 94.0 Å². The first kappa shape index (κ1) is 22.2. The minimum atomic E-state index is -0.120. The number of rotatable bonds is 4. The second kappa shape index (κ2) is 8.43. The summed E-state index contributed by atoms with van der Waals surface area (Å²) in [4.78, 5) is 14.6. The summed E-state index contributed by atoms with van der Waals surface area (Å²) in [6.45, 7) is 4.27. The number of fused-ring (bicyclic) bond motifs is 1. The Hall–Kier alpha value is -3.29. The van der Waals surface area contributed by atoms with Crippen LogP contribution in [0.4, 0.5) is 0 Å². The van der Waals surface area contributed by atoms with Crippen molar-refractivity contribution in [1.82, 2.24) is 19.6 Å². The molecule has 0 unspecified atom stereocenters. The number of hydrogen-bond acceptors (Lipinski definition) is 4. The molecule has 0 spiro atoms. The van der Waals surface area contributed by atoms with Gasteiger partial charge in [-0.3, -0.25) is 4.79 Å². The normalized spacial score (nSPS) is 14.8. The van der Waals surface area contributed by atoms with Crippen LogP contribution < -0.4 is 0 Å². The van der Waals surface area contributed by atoms with Gasteiger partial charge < -0.3 is 0 Å². The Morgan fingerprint density at radius 2 is 1.69 bits per heavy atom. The SMILES string of the molecule is CC1(C)CC(=O)c2c(nn(-c3ccc(Br)cc3)c2-c2cn(-c3ccccc3)nc2-c2cccs2)C1. The molecule has 3 aromatic heterocycles. The molecule has 0 bridgehead atoms. The molecule has 0 saturated heterocycles. The highest BCUT2D eigenvalue weighted by molar-refractivity contribution is 9.10. The van der Waals surface area contributed by atoms with Crippen LogP contribution in [0.25, 0.3) is 33.2 Å². The molecule has 0 amide bonds. The third-order valence-corrected chi connectivity index (χ3v) is 7.74. The van der Waals surface area contributed by atoms with E-state index in [1.807, 2.05) is 76.2 Å². The van der Waals surface area contributed by atoms with E-state index in [0.29, 0.717) is 6.42 Å². The monoisotopic (exact) mass is 542 g/mol. The van der Waals surface area contributed by atoms with E-state index in [1.54, 1.807) is 11.3 Å². The van der Waals surface area contributed by atoms with Gasteiger partial charge in [0.15, 0.2) is 5.78 Å². The highest BCUT2D eigenvalue weighted by atomic mass is 79.9. The molecule has 0 aliphatic heterocycles. The van der Waals surface area contributed by atoms with Crippen LogP contribution in [0, 0.1) is 5.41 Å². The lowest BCUT2D eigenvalue weighted by atomic mass is 9.75. The van der Waals surface area contributed by atoms with E-state index in [4.69, 9.17) is 10.2 Å². The van der Waals surface area contributed by atoms with Crippen LogP contribution in [0.1, 0.15) is 36.3 Å². The van der Waals surface area contributed by atoms with Gasteiger partial charge in [-0.1, -0.05) is 54.0 Å². The number of ketones is 1. The third kappa shape index (κ3) is 3.98. The van der Waals surface area contributed by atoms with Crippen molar-refractivity contribution in [2.45, 2.75) is 26.7 Å². The average molecular weight is 543 g/mol. The minimum absolute atomic E-state index is 0.120. The van der Waals surface area contributed by atoms with E-state index >= 15 is 0 Å². The van der Waals surface area contributed by atoms with Gasteiger partial charge in [-0.15, -0.1) is 11.3 Å². The van der Waals surface area contributed by atoms with Crippen LogP contribution in [0.3, 0.4) is 0 Å². The molecule has 7 heteroatoms. The van der Waals surface area contributed by atoms with E-state index in [2.05, 4.69) is 41.2 Å². The lowest BCUT2D eigenvalue weighted by Gasteiger charge is -2.27. The molecule has 5 aromatic rings. The zero-order valence-corrected chi connectivity index (χ0v) is 21.8. The summed E-state index contributed by atoms with van der Waals surface area (Å²) in [6, 6.07) is 22.2. The first-order chi connectivity index (χ1) is 16.9. The third-order valence-electron chi connectivity index (χ3n) is 6.34. The van der Waals surface area contributed by atoms with Crippen LogP contribution in [0.15, 0.2) is 82.8 Å². The molecule has 0 N–H and O–H groups in total. The fourth-order valence-electron chi connectivity index (χ4n) is 4.79. The average Bonchev–Trinajstić information content (AvgIpc) is 3.57. The first-order valence-electron chi connectivity index (χ1n) is 11.5. The second-order valence-corrected chi connectivity index (χ2v) is 11.5. The zero-order valence-electron chi connectivity index (χ0n) is 19.4. The fourth-order valence-corrected chi connectivity index (χ4v) is 5.78. The number of halogens is 1. The van der Waals surface area contributed by atoms with Crippen LogP contribution >= 0.6 is 27.3 Å². The molecule has 174 valence electrons. The highest BCUT2D eigenvalue weighted by Crippen LogP contribution is 2.43. The lowest BCUT2D eigenvalue weighted by Crippen LogP contribution is -2.26. The Bertz CT molecular complexity index is 1530. The number of benzene rings is 2. The molecule has 5 nitrogen and oxygen atoms in total. The molecule has 6 rings (SSSR count). The smallest absolute Gasteiger partial charge is 0.167 e. The van der Waals surface area contributed by atoms with Crippen molar-refractivity contribution >= 4 is 33.0 Å². The molecule has 0 fully saturated rings. The number of nitrogens with zero attached hydrogens (tertiary/aromatic N) is 4.